The number of unbranched alkanes of at least 4 members (excludes halogenated alkanes) is 2. The monoisotopic (exact) mass is 454 g/mol. The van der Waals surface area contributed by atoms with Gasteiger partial charge < -0.3 is 14.8 Å². The van der Waals surface area contributed by atoms with Gasteiger partial charge in [0, 0.05) is 22.3 Å². The molecule has 0 atom stereocenters. The van der Waals surface area contributed by atoms with Gasteiger partial charge in [-0.15, -0.1) is 0 Å². The van der Waals surface area contributed by atoms with Crippen LogP contribution in [-0.2, 0) is 14.8 Å². The summed E-state index contributed by atoms with van der Waals surface area (Å²) in [6.07, 6.45) is 3.32. The first kappa shape index (κ1) is 25.2. The molecule has 0 spiro atoms. The van der Waals surface area contributed by atoms with Crippen LogP contribution < -0.4 is 56.7 Å². The molecular formula is C18H21Cl2KN2O3S. The second-order valence-corrected chi connectivity index (χ2v) is 8.02. The summed E-state index contributed by atoms with van der Waals surface area (Å²) >= 11 is 12.0. The average molecular weight is 455 g/mol. The molecular weight excluding hydrogens is 434 g/mol. The zero-order valence-electron chi connectivity index (χ0n) is 15.4. The topological polar surface area (TPSA) is 69.5 Å². The van der Waals surface area contributed by atoms with Gasteiger partial charge in [-0.05, 0) is 42.8 Å². The van der Waals surface area contributed by atoms with E-state index >= 15 is 0 Å². The van der Waals surface area contributed by atoms with E-state index in [1.165, 1.54) is 24.3 Å². The Labute approximate surface area is 213 Å². The van der Waals surface area contributed by atoms with E-state index in [-0.39, 0.29) is 72.0 Å². The molecule has 0 unspecified atom stereocenters. The van der Waals surface area contributed by atoms with E-state index in [0.717, 1.165) is 24.9 Å². The first-order chi connectivity index (χ1) is 12.4. The van der Waals surface area contributed by atoms with Crippen molar-refractivity contribution in [2.75, 3.05) is 18.7 Å². The molecule has 0 radical (unpaired) electrons. The van der Waals surface area contributed by atoms with Crippen molar-refractivity contribution in [3.05, 3.63) is 57.2 Å². The van der Waals surface area contributed by atoms with Crippen molar-refractivity contribution in [1.29, 1.82) is 0 Å². The summed E-state index contributed by atoms with van der Waals surface area (Å²) in [5.41, 5.74) is 0.800. The standard InChI is InChI=1S/C18H21Cl2N2O3S.K/c1-2-3-4-12-25-13-21-14-8-10-15(11-9-14)26(23,24)22-18-16(19)6-5-7-17(18)20;/h5-11,21H,2-4,12-13H2,1H3;/q-1;+1. The van der Waals surface area contributed by atoms with E-state index < -0.39 is 10.0 Å². The molecule has 9 heteroatoms. The predicted molar refractivity (Wildman–Crippen MR) is 107 cm³/mol. The van der Waals surface area contributed by atoms with Gasteiger partial charge in [-0.2, -0.15) is 0 Å². The van der Waals surface area contributed by atoms with E-state index in [0.29, 0.717) is 13.3 Å². The van der Waals surface area contributed by atoms with E-state index in [4.69, 9.17) is 27.9 Å². The summed E-state index contributed by atoms with van der Waals surface area (Å²) in [6, 6.07) is 11.0. The van der Waals surface area contributed by atoms with Gasteiger partial charge in [0.05, 0.1) is 4.90 Å². The van der Waals surface area contributed by atoms with Gasteiger partial charge in [0.15, 0.2) is 0 Å². The third-order valence-corrected chi connectivity index (χ3v) is 5.47. The summed E-state index contributed by atoms with van der Waals surface area (Å²) < 4.78 is 34.1. The minimum atomic E-state index is -3.91. The Morgan fingerprint density at radius 1 is 1.04 bits per heavy atom. The maximum Gasteiger partial charge on any atom is 1.00 e. The second-order valence-electron chi connectivity index (χ2n) is 5.60. The van der Waals surface area contributed by atoms with Crippen molar-refractivity contribution in [3.8, 4) is 0 Å². The van der Waals surface area contributed by atoms with Crippen molar-refractivity contribution in [1.82, 2.24) is 0 Å². The number of nitrogens with one attached hydrogen (secondary N) is 1. The zero-order valence-corrected chi connectivity index (χ0v) is 20.9. The van der Waals surface area contributed by atoms with Crippen LogP contribution >= 0.6 is 23.2 Å². The fraction of sp³-hybridized carbons (Fsp3) is 0.333. The van der Waals surface area contributed by atoms with Crippen LogP contribution in [0.2, 0.25) is 10.0 Å². The molecule has 0 aromatic heterocycles. The van der Waals surface area contributed by atoms with Crippen LogP contribution in [0, 0.1) is 0 Å². The Balaban J connectivity index is 0.00000364. The first-order valence-corrected chi connectivity index (χ1v) is 10.5. The molecule has 0 fully saturated rings. The van der Waals surface area contributed by atoms with Gasteiger partial charge in [0.2, 0.25) is 0 Å². The van der Waals surface area contributed by atoms with Crippen molar-refractivity contribution in [2.24, 2.45) is 0 Å². The van der Waals surface area contributed by atoms with Gasteiger partial charge >= 0.3 is 51.4 Å². The van der Waals surface area contributed by atoms with E-state index in [2.05, 4.69) is 17.0 Å². The number of nitrogens with zero attached hydrogens (tertiary/aromatic N) is 1. The quantitative estimate of drug-likeness (QED) is 0.340. The fourth-order valence-electron chi connectivity index (χ4n) is 2.15. The molecule has 2 aromatic carbocycles. The Morgan fingerprint density at radius 2 is 1.67 bits per heavy atom. The molecule has 2 rings (SSSR count). The van der Waals surface area contributed by atoms with Crippen molar-refractivity contribution in [3.63, 3.8) is 0 Å². The van der Waals surface area contributed by atoms with Gasteiger partial charge in [0.25, 0.3) is 0 Å². The fourth-order valence-corrected chi connectivity index (χ4v) is 3.76. The predicted octanol–water partition coefficient (Wildman–Crippen LogP) is 2.97. The Kier molecular flexibility index (Phi) is 11.8. The van der Waals surface area contributed by atoms with Gasteiger partial charge in [0.1, 0.15) is 16.8 Å². The smallest absolute Gasteiger partial charge is 0.570 e. The minimum absolute atomic E-state index is 0. The van der Waals surface area contributed by atoms with Crippen LogP contribution in [0.5, 0.6) is 0 Å². The van der Waals surface area contributed by atoms with Crippen molar-refractivity contribution in [2.45, 2.75) is 31.1 Å². The molecule has 5 nitrogen and oxygen atoms in total. The van der Waals surface area contributed by atoms with Crippen molar-refractivity contribution < 1.29 is 64.5 Å². The molecule has 0 saturated heterocycles. The molecule has 27 heavy (non-hydrogen) atoms. The number of hydrogen-bond acceptors (Lipinski definition) is 4. The molecule has 2 aromatic rings. The van der Waals surface area contributed by atoms with Crippen molar-refractivity contribution >= 4 is 44.6 Å². The molecule has 0 saturated carbocycles. The number of ether oxygens (including phenoxy) is 1. The molecule has 142 valence electrons. The number of rotatable bonds is 10. The average Bonchev–Trinajstić information content (AvgIpc) is 2.62. The van der Waals surface area contributed by atoms with E-state index in [9.17, 15) is 8.42 Å². The first-order valence-electron chi connectivity index (χ1n) is 8.27. The summed E-state index contributed by atoms with van der Waals surface area (Å²) in [5.74, 6) is 0. The largest absolute Gasteiger partial charge is 1.00 e. The summed E-state index contributed by atoms with van der Waals surface area (Å²) in [7, 11) is -3.91. The summed E-state index contributed by atoms with van der Waals surface area (Å²) in [5, 5.41) is 3.44. The number of benzene rings is 2. The molecule has 0 heterocycles. The number of hydrogen-bond donors (Lipinski definition) is 1. The molecule has 0 aliphatic carbocycles. The summed E-state index contributed by atoms with van der Waals surface area (Å²) in [4.78, 5) is 0.0582. The van der Waals surface area contributed by atoms with E-state index in [1.54, 1.807) is 18.2 Å². The molecule has 0 bridgehead atoms. The minimum Gasteiger partial charge on any atom is -0.570 e. The Hall–Kier alpha value is 0.166. The molecule has 0 amide bonds. The molecule has 0 aliphatic rings. The summed E-state index contributed by atoms with van der Waals surface area (Å²) in [6.45, 7) is 3.21. The maximum absolute atomic E-state index is 12.4. The van der Waals surface area contributed by atoms with Crippen LogP contribution in [0.25, 0.3) is 4.72 Å². The van der Waals surface area contributed by atoms with Crippen LogP contribution in [0.15, 0.2) is 47.4 Å². The van der Waals surface area contributed by atoms with Crippen LogP contribution in [0.3, 0.4) is 0 Å². The number of sulfonamides is 1. The number of anilines is 1. The van der Waals surface area contributed by atoms with Gasteiger partial charge in [-0.1, -0.05) is 54.7 Å². The Bertz CT molecular complexity index is 798. The SMILES string of the molecule is CCCCCOCNc1ccc(S(=O)(=O)[N-]c2c(Cl)cccc2Cl)cc1.[K+]. The molecule has 0 aliphatic heterocycles. The second kappa shape index (κ2) is 12.7. The maximum atomic E-state index is 12.4. The van der Waals surface area contributed by atoms with Gasteiger partial charge in [-0.3, -0.25) is 0 Å². The molecule has 1 N–H and O–H groups in total. The van der Waals surface area contributed by atoms with Gasteiger partial charge in [-0.25, -0.2) is 8.42 Å². The van der Waals surface area contributed by atoms with Crippen LogP contribution in [0.1, 0.15) is 26.2 Å². The van der Waals surface area contributed by atoms with Crippen LogP contribution in [-0.4, -0.2) is 21.8 Å². The normalized spacial score (nSPS) is 10.9. The third-order valence-electron chi connectivity index (χ3n) is 3.57. The third kappa shape index (κ3) is 8.20. The Morgan fingerprint density at radius 3 is 2.26 bits per heavy atom. The van der Waals surface area contributed by atoms with Crippen LogP contribution in [0.4, 0.5) is 11.4 Å². The number of halogens is 2. The van der Waals surface area contributed by atoms with E-state index in [1.807, 2.05) is 0 Å². The zero-order chi connectivity index (χ0) is 19.0.